The van der Waals surface area contributed by atoms with E-state index in [4.69, 9.17) is 0 Å². The molecule has 1 heterocycles. The third kappa shape index (κ3) is 2.38. The molecule has 2 aromatic rings. The number of aryl methyl sites for hydroxylation is 3. The molecular formula is C16H19N. The van der Waals surface area contributed by atoms with E-state index in [-0.39, 0.29) is 0 Å². The zero-order valence-corrected chi connectivity index (χ0v) is 10.8. The summed E-state index contributed by atoms with van der Waals surface area (Å²) in [5.41, 5.74) is 6.40. The second kappa shape index (κ2) is 5.13. The van der Waals surface area contributed by atoms with E-state index in [1.54, 1.807) is 0 Å². The lowest BCUT2D eigenvalue weighted by Crippen LogP contribution is -1.95. The Labute approximate surface area is 104 Å². The Hall–Kier alpha value is -1.63. The topological polar surface area (TPSA) is 12.9 Å². The summed E-state index contributed by atoms with van der Waals surface area (Å²) in [6, 6.07) is 10.7. The van der Waals surface area contributed by atoms with Crippen molar-refractivity contribution in [2.75, 3.05) is 0 Å². The molecule has 1 heteroatoms. The molecule has 1 aromatic carbocycles. The third-order valence-electron chi connectivity index (χ3n) is 3.27. The van der Waals surface area contributed by atoms with Crippen LogP contribution < -0.4 is 0 Å². The predicted molar refractivity (Wildman–Crippen MR) is 73.2 cm³/mol. The van der Waals surface area contributed by atoms with Gasteiger partial charge in [0.2, 0.25) is 0 Å². The first kappa shape index (κ1) is 11.8. The molecule has 0 atom stereocenters. The highest BCUT2D eigenvalue weighted by atomic mass is 14.7. The highest BCUT2D eigenvalue weighted by Crippen LogP contribution is 2.23. The highest BCUT2D eigenvalue weighted by molar-refractivity contribution is 5.64. The first-order chi connectivity index (χ1) is 8.26. The van der Waals surface area contributed by atoms with Gasteiger partial charge >= 0.3 is 0 Å². The Morgan fingerprint density at radius 3 is 2.35 bits per heavy atom. The maximum absolute atomic E-state index is 4.59. The summed E-state index contributed by atoms with van der Waals surface area (Å²) in [6.45, 7) is 6.52. The molecule has 0 spiro atoms. The minimum Gasteiger partial charge on any atom is -0.256 e. The van der Waals surface area contributed by atoms with Crippen molar-refractivity contribution in [2.24, 2.45) is 0 Å². The molecule has 0 saturated carbocycles. The fourth-order valence-electron chi connectivity index (χ4n) is 2.18. The fraction of sp³-hybridized carbons (Fsp3) is 0.312. The standard InChI is InChI=1S/C16H19N/c1-4-13-10-16(17-11-14(13)5-2)15-9-7-6-8-12(15)3/h6-11H,4-5H2,1-3H3. The van der Waals surface area contributed by atoms with E-state index in [9.17, 15) is 0 Å². The Morgan fingerprint density at radius 1 is 1.00 bits per heavy atom. The van der Waals surface area contributed by atoms with Gasteiger partial charge < -0.3 is 0 Å². The molecule has 0 bridgehead atoms. The zero-order valence-electron chi connectivity index (χ0n) is 10.8. The SMILES string of the molecule is CCc1cnc(-c2ccccc2C)cc1CC. The summed E-state index contributed by atoms with van der Waals surface area (Å²) in [5, 5.41) is 0. The van der Waals surface area contributed by atoms with Crippen molar-refractivity contribution in [3.8, 4) is 11.3 Å². The smallest absolute Gasteiger partial charge is 0.0707 e. The number of hydrogen-bond acceptors (Lipinski definition) is 1. The lowest BCUT2D eigenvalue weighted by Gasteiger charge is -2.09. The van der Waals surface area contributed by atoms with Gasteiger partial charge in [-0.25, -0.2) is 0 Å². The van der Waals surface area contributed by atoms with Gasteiger partial charge in [-0.05, 0) is 42.5 Å². The van der Waals surface area contributed by atoms with Crippen molar-refractivity contribution < 1.29 is 0 Å². The normalized spacial score (nSPS) is 10.5. The van der Waals surface area contributed by atoms with Gasteiger partial charge in [0.05, 0.1) is 5.69 Å². The van der Waals surface area contributed by atoms with Gasteiger partial charge in [-0.15, -0.1) is 0 Å². The second-order valence-corrected chi connectivity index (χ2v) is 4.36. The lowest BCUT2D eigenvalue weighted by molar-refractivity contribution is 1.01. The van der Waals surface area contributed by atoms with E-state index >= 15 is 0 Å². The largest absolute Gasteiger partial charge is 0.256 e. The van der Waals surface area contributed by atoms with Crippen LogP contribution in [-0.2, 0) is 12.8 Å². The number of aromatic nitrogens is 1. The van der Waals surface area contributed by atoms with E-state index < -0.39 is 0 Å². The minimum absolute atomic E-state index is 1.06. The van der Waals surface area contributed by atoms with Crippen molar-refractivity contribution in [2.45, 2.75) is 33.6 Å². The van der Waals surface area contributed by atoms with Crippen LogP contribution in [0.5, 0.6) is 0 Å². The maximum Gasteiger partial charge on any atom is 0.0707 e. The number of benzene rings is 1. The number of pyridine rings is 1. The van der Waals surface area contributed by atoms with Gasteiger partial charge in [0, 0.05) is 11.8 Å². The molecule has 0 radical (unpaired) electrons. The van der Waals surface area contributed by atoms with Crippen LogP contribution in [0.15, 0.2) is 36.5 Å². The molecule has 0 saturated heterocycles. The number of hydrogen-bond donors (Lipinski definition) is 0. The average Bonchev–Trinajstić information content (AvgIpc) is 2.38. The predicted octanol–water partition coefficient (Wildman–Crippen LogP) is 4.18. The number of rotatable bonds is 3. The minimum atomic E-state index is 1.06. The van der Waals surface area contributed by atoms with Crippen LogP contribution >= 0.6 is 0 Å². The van der Waals surface area contributed by atoms with Gasteiger partial charge in [0.25, 0.3) is 0 Å². The van der Waals surface area contributed by atoms with Crippen molar-refractivity contribution in [1.82, 2.24) is 4.98 Å². The van der Waals surface area contributed by atoms with Gasteiger partial charge in [-0.2, -0.15) is 0 Å². The lowest BCUT2D eigenvalue weighted by atomic mass is 10.00. The second-order valence-electron chi connectivity index (χ2n) is 4.36. The average molecular weight is 225 g/mol. The van der Waals surface area contributed by atoms with E-state index in [1.807, 2.05) is 6.20 Å². The van der Waals surface area contributed by atoms with E-state index in [0.717, 1.165) is 18.5 Å². The first-order valence-corrected chi connectivity index (χ1v) is 6.30. The molecule has 0 aliphatic carbocycles. The zero-order chi connectivity index (χ0) is 12.3. The summed E-state index contributed by atoms with van der Waals surface area (Å²) in [4.78, 5) is 4.59. The highest BCUT2D eigenvalue weighted by Gasteiger charge is 2.06. The first-order valence-electron chi connectivity index (χ1n) is 6.30. The molecule has 0 aliphatic heterocycles. The quantitative estimate of drug-likeness (QED) is 0.763. The maximum atomic E-state index is 4.59. The van der Waals surface area contributed by atoms with Crippen molar-refractivity contribution in [1.29, 1.82) is 0 Å². The van der Waals surface area contributed by atoms with Gasteiger partial charge in [0.15, 0.2) is 0 Å². The van der Waals surface area contributed by atoms with Crippen LogP contribution in [0.1, 0.15) is 30.5 Å². The van der Waals surface area contributed by atoms with Crippen molar-refractivity contribution in [3.05, 3.63) is 53.2 Å². The van der Waals surface area contributed by atoms with E-state index in [1.165, 1.54) is 22.3 Å². The van der Waals surface area contributed by atoms with Crippen molar-refractivity contribution >= 4 is 0 Å². The Morgan fingerprint density at radius 2 is 1.71 bits per heavy atom. The Balaban J connectivity index is 2.50. The molecule has 88 valence electrons. The van der Waals surface area contributed by atoms with Crippen LogP contribution in [0.2, 0.25) is 0 Å². The van der Waals surface area contributed by atoms with Crippen LogP contribution in [0.4, 0.5) is 0 Å². The van der Waals surface area contributed by atoms with Crippen LogP contribution in [-0.4, -0.2) is 4.98 Å². The summed E-state index contributed by atoms with van der Waals surface area (Å²) in [6.07, 6.45) is 4.16. The van der Waals surface area contributed by atoms with Crippen LogP contribution in [0.3, 0.4) is 0 Å². The molecule has 0 unspecified atom stereocenters. The molecule has 0 amide bonds. The number of nitrogens with zero attached hydrogens (tertiary/aromatic N) is 1. The molecule has 1 aromatic heterocycles. The van der Waals surface area contributed by atoms with Crippen LogP contribution in [0.25, 0.3) is 11.3 Å². The van der Waals surface area contributed by atoms with Gasteiger partial charge in [-0.3, -0.25) is 4.98 Å². The molecule has 0 fully saturated rings. The molecule has 0 N–H and O–H groups in total. The summed E-state index contributed by atoms with van der Waals surface area (Å²) in [7, 11) is 0. The summed E-state index contributed by atoms with van der Waals surface area (Å²) >= 11 is 0. The molecule has 1 nitrogen and oxygen atoms in total. The van der Waals surface area contributed by atoms with Crippen molar-refractivity contribution in [3.63, 3.8) is 0 Å². The summed E-state index contributed by atoms with van der Waals surface area (Å²) < 4.78 is 0. The van der Waals surface area contributed by atoms with Gasteiger partial charge in [0.1, 0.15) is 0 Å². The molecule has 0 aliphatic rings. The molecular weight excluding hydrogens is 206 g/mol. The van der Waals surface area contributed by atoms with E-state index in [0.29, 0.717) is 0 Å². The summed E-state index contributed by atoms with van der Waals surface area (Å²) in [5.74, 6) is 0. The Kier molecular flexibility index (Phi) is 3.58. The monoisotopic (exact) mass is 225 g/mol. The van der Waals surface area contributed by atoms with E-state index in [2.05, 4.69) is 56.1 Å². The molecule has 2 rings (SSSR count). The fourth-order valence-corrected chi connectivity index (χ4v) is 2.18. The molecule has 17 heavy (non-hydrogen) atoms. The third-order valence-corrected chi connectivity index (χ3v) is 3.27. The Bertz CT molecular complexity index is 515. The van der Waals surface area contributed by atoms with Gasteiger partial charge in [-0.1, -0.05) is 38.1 Å². The van der Waals surface area contributed by atoms with Crippen LogP contribution in [0, 0.1) is 6.92 Å².